The highest BCUT2D eigenvalue weighted by Crippen LogP contribution is 2.27. The molecule has 0 aliphatic heterocycles. The molecule has 1 aromatic heterocycles. The van der Waals surface area contributed by atoms with E-state index in [0.717, 1.165) is 11.6 Å². The Bertz CT molecular complexity index is 519. The molecule has 96 valence electrons. The van der Waals surface area contributed by atoms with Crippen molar-refractivity contribution in [3.05, 3.63) is 55.1 Å². The lowest BCUT2D eigenvalue weighted by atomic mass is 10.1. The maximum Gasteiger partial charge on any atom is 0.0409 e. The van der Waals surface area contributed by atoms with Gasteiger partial charge in [-0.05, 0) is 53.5 Å². The minimum atomic E-state index is 0.296. The Hall–Kier alpha value is -0.350. The second-order valence-electron chi connectivity index (χ2n) is 4.27. The van der Waals surface area contributed by atoms with Gasteiger partial charge in [0.25, 0.3) is 0 Å². The largest absolute Gasteiger partial charge is 0.305 e. The van der Waals surface area contributed by atoms with Gasteiger partial charge in [0.1, 0.15) is 0 Å². The van der Waals surface area contributed by atoms with Gasteiger partial charge in [0, 0.05) is 31.8 Å². The standard InChI is InChI=1S/C14H15BrClNS/c1-9(11-4-3-5-12(16)6-11)17-8-13-7-14(15)10(2)18-13/h3-7,9,17H,8H2,1-2H3/t9-/m1/s1. The molecule has 1 atom stereocenters. The van der Waals surface area contributed by atoms with Crippen LogP contribution in [-0.4, -0.2) is 0 Å². The van der Waals surface area contributed by atoms with E-state index in [1.807, 2.05) is 29.5 Å². The summed E-state index contributed by atoms with van der Waals surface area (Å²) in [5.74, 6) is 0. The van der Waals surface area contributed by atoms with E-state index in [-0.39, 0.29) is 0 Å². The molecule has 1 heterocycles. The van der Waals surface area contributed by atoms with E-state index in [2.05, 4.69) is 47.2 Å². The first-order valence-corrected chi connectivity index (χ1v) is 7.78. The minimum absolute atomic E-state index is 0.296. The van der Waals surface area contributed by atoms with Crippen molar-refractivity contribution in [2.24, 2.45) is 0 Å². The molecule has 2 rings (SSSR count). The second-order valence-corrected chi connectivity index (χ2v) is 6.91. The molecule has 0 bridgehead atoms. The molecule has 4 heteroatoms. The highest BCUT2D eigenvalue weighted by molar-refractivity contribution is 9.10. The van der Waals surface area contributed by atoms with Crippen LogP contribution in [0.1, 0.15) is 28.3 Å². The summed E-state index contributed by atoms with van der Waals surface area (Å²) >= 11 is 11.4. The molecule has 0 aliphatic carbocycles. The average Bonchev–Trinajstić information content (AvgIpc) is 2.66. The van der Waals surface area contributed by atoms with E-state index in [0.29, 0.717) is 6.04 Å². The van der Waals surface area contributed by atoms with Crippen molar-refractivity contribution in [3.63, 3.8) is 0 Å². The third-order valence-electron chi connectivity index (χ3n) is 2.84. The molecule has 0 spiro atoms. The minimum Gasteiger partial charge on any atom is -0.305 e. The van der Waals surface area contributed by atoms with Gasteiger partial charge in [-0.15, -0.1) is 11.3 Å². The summed E-state index contributed by atoms with van der Waals surface area (Å²) < 4.78 is 1.19. The van der Waals surface area contributed by atoms with E-state index in [4.69, 9.17) is 11.6 Å². The molecule has 2 aromatic rings. The van der Waals surface area contributed by atoms with E-state index in [9.17, 15) is 0 Å². The summed E-state index contributed by atoms with van der Waals surface area (Å²) in [6, 6.07) is 10.5. The van der Waals surface area contributed by atoms with Crippen LogP contribution in [0, 0.1) is 6.92 Å². The summed E-state index contributed by atoms with van der Waals surface area (Å²) in [5.41, 5.74) is 1.22. The van der Waals surface area contributed by atoms with E-state index in [1.165, 1.54) is 19.8 Å². The molecule has 0 radical (unpaired) electrons. The molecular formula is C14H15BrClNS. The highest BCUT2D eigenvalue weighted by atomic mass is 79.9. The fourth-order valence-corrected chi connectivity index (χ4v) is 3.50. The third kappa shape index (κ3) is 3.58. The van der Waals surface area contributed by atoms with Crippen LogP contribution in [0.25, 0.3) is 0 Å². The van der Waals surface area contributed by atoms with Gasteiger partial charge in [-0.3, -0.25) is 0 Å². The third-order valence-corrected chi connectivity index (χ3v) is 5.21. The van der Waals surface area contributed by atoms with Gasteiger partial charge >= 0.3 is 0 Å². The molecule has 1 N–H and O–H groups in total. The Balaban J connectivity index is 1.98. The van der Waals surface area contributed by atoms with E-state index < -0.39 is 0 Å². The molecule has 18 heavy (non-hydrogen) atoms. The number of rotatable bonds is 4. The number of aryl methyl sites for hydroxylation is 1. The van der Waals surface area contributed by atoms with Crippen LogP contribution in [0.4, 0.5) is 0 Å². The normalized spacial score (nSPS) is 12.7. The lowest BCUT2D eigenvalue weighted by Crippen LogP contribution is -2.17. The highest BCUT2D eigenvalue weighted by Gasteiger charge is 2.07. The number of halogens is 2. The number of hydrogen-bond acceptors (Lipinski definition) is 2. The SMILES string of the molecule is Cc1sc(CN[C@H](C)c2cccc(Cl)c2)cc1Br. The van der Waals surface area contributed by atoms with Crippen molar-refractivity contribution in [1.29, 1.82) is 0 Å². The molecule has 0 aliphatic rings. The number of hydrogen-bond donors (Lipinski definition) is 1. The Kier molecular flexibility index (Phi) is 4.84. The number of thiophene rings is 1. The predicted molar refractivity (Wildman–Crippen MR) is 83.5 cm³/mol. The van der Waals surface area contributed by atoms with Crippen LogP contribution in [0.15, 0.2) is 34.8 Å². The van der Waals surface area contributed by atoms with Crippen molar-refractivity contribution in [1.82, 2.24) is 5.32 Å². The Morgan fingerprint density at radius 2 is 2.17 bits per heavy atom. The smallest absolute Gasteiger partial charge is 0.0409 e. The van der Waals surface area contributed by atoms with Gasteiger partial charge in [-0.1, -0.05) is 23.7 Å². The Labute approximate surface area is 125 Å². The molecule has 0 saturated heterocycles. The van der Waals surface area contributed by atoms with Crippen molar-refractivity contribution >= 4 is 38.9 Å². The number of benzene rings is 1. The summed E-state index contributed by atoms with van der Waals surface area (Å²) in [5, 5.41) is 4.30. The fraction of sp³-hybridized carbons (Fsp3) is 0.286. The van der Waals surface area contributed by atoms with E-state index >= 15 is 0 Å². The number of nitrogens with one attached hydrogen (secondary N) is 1. The lowest BCUT2D eigenvalue weighted by Gasteiger charge is -2.13. The summed E-state index contributed by atoms with van der Waals surface area (Å²) in [6.45, 7) is 5.16. The molecule has 0 amide bonds. The maximum atomic E-state index is 6.00. The second kappa shape index (κ2) is 6.20. The maximum absolute atomic E-state index is 6.00. The lowest BCUT2D eigenvalue weighted by molar-refractivity contribution is 0.579. The fourth-order valence-electron chi connectivity index (χ4n) is 1.75. The first-order chi connectivity index (χ1) is 8.56. The summed E-state index contributed by atoms with van der Waals surface area (Å²) in [6.07, 6.45) is 0. The van der Waals surface area contributed by atoms with Crippen LogP contribution < -0.4 is 5.32 Å². The van der Waals surface area contributed by atoms with Gasteiger partial charge in [-0.2, -0.15) is 0 Å². The zero-order valence-electron chi connectivity index (χ0n) is 10.3. The molecular weight excluding hydrogens is 330 g/mol. The van der Waals surface area contributed by atoms with Crippen molar-refractivity contribution in [2.45, 2.75) is 26.4 Å². The van der Waals surface area contributed by atoms with Crippen LogP contribution in [-0.2, 0) is 6.54 Å². The Morgan fingerprint density at radius 3 is 2.78 bits per heavy atom. The van der Waals surface area contributed by atoms with Gasteiger partial charge in [0.15, 0.2) is 0 Å². The zero-order chi connectivity index (χ0) is 13.1. The van der Waals surface area contributed by atoms with Gasteiger partial charge in [0.2, 0.25) is 0 Å². The van der Waals surface area contributed by atoms with Gasteiger partial charge < -0.3 is 5.32 Å². The van der Waals surface area contributed by atoms with Crippen LogP contribution in [0.2, 0.25) is 5.02 Å². The topological polar surface area (TPSA) is 12.0 Å². The van der Waals surface area contributed by atoms with Crippen molar-refractivity contribution in [2.75, 3.05) is 0 Å². The van der Waals surface area contributed by atoms with Gasteiger partial charge in [0.05, 0.1) is 0 Å². The zero-order valence-corrected chi connectivity index (χ0v) is 13.5. The van der Waals surface area contributed by atoms with Crippen LogP contribution in [0.5, 0.6) is 0 Å². The van der Waals surface area contributed by atoms with E-state index in [1.54, 1.807) is 0 Å². The summed E-state index contributed by atoms with van der Waals surface area (Å²) in [4.78, 5) is 2.66. The molecule has 1 aromatic carbocycles. The Morgan fingerprint density at radius 1 is 1.39 bits per heavy atom. The van der Waals surface area contributed by atoms with Crippen molar-refractivity contribution in [3.8, 4) is 0 Å². The average molecular weight is 345 g/mol. The molecule has 1 nitrogen and oxygen atoms in total. The van der Waals surface area contributed by atoms with Crippen LogP contribution >= 0.6 is 38.9 Å². The molecule has 0 unspecified atom stereocenters. The molecule has 0 saturated carbocycles. The molecule has 0 fully saturated rings. The first kappa shape index (κ1) is 14.1. The summed E-state index contributed by atoms with van der Waals surface area (Å²) in [7, 11) is 0. The van der Waals surface area contributed by atoms with Crippen LogP contribution in [0.3, 0.4) is 0 Å². The predicted octanol–water partition coefficient (Wildman–Crippen LogP) is 5.32. The van der Waals surface area contributed by atoms with Crippen molar-refractivity contribution < 1.29 is 0 Å². The monoisotopic (exact) mass is 343 g/mol. The first-order valence-electron chi connectivity index (χ1n) is 5.80. The van der Waals surface area contributed by atoms with Gasteiger partial charge in [-0.25, -0.2) is 0 Å². The quantitative estimate of drug-likeness (QED) is 0.791.